The number of aliphatic hydroxyl groups excluding tert-OH is 1. The highest BCUT2D eigenvalue weighted by atomic mass is 32.1. The van der Waals surface area contributed by atoms with Gasteiger partial charge in [0, 0.05) is 54.1 Å². The predicted octanol–water partition coefficient (Wildman–Crippen LogP) is 3.53. The van der Waals surface area contributed by atoms with E-state index in [1.807, 2.05) is 24.5 Å². The quantitative estimate of drug-likeness (QED) is 0.607. The number of hydrogen-bond donors (Lipinski definition) is 2. The molecule has 3 aromatic rings. The zero-order valence-corrected chi connectivity index (χ0v) is 18.3. The first-order valence-corrected chi connectivity index (χ1v) is 11.3. The maximum Gasteiger partial charge on any atom is 0.261 e. The number of nitrogens with one attached hydrogen (secondary N) is 1. The van der Waals surface area contributed by atoms with Gasteiger partial charge < -0.3 is 10.4 Å². The minimum absolute atomic E-state index is 0.0547. The van der Waals surface area contributed by atoms with Crippen molar-refractivity contribution >= 4 is 27.3 Å². The minimum atomic E-state index is -0.0867. The van der Waals surface area contributed by atoms with Gasteiger partial charge in [-0.25, -0.2) is 9.97 Å². The Balaban J connectivity index is 1.53. The molecule has 1 amide bonds. The molecule has 1 atom stereocenters. The number of fused-ring (bicyclic) bond motifs is 1. The van der Waals surface area contributed by atoms with E-state index >= 15 is 0 Å². The normalized spacial score (nSPS) is 17.1. The summed E-state index contributed by atoms with van der Waals surface area (Å²) in [6.07, 6.45) is 4.89. The first kappa shape index (κ1) is 20.9. The van der Waals surface area contributed by atoms with Crippen molar-refractivity contribution in [2.45, 2.75) is 38.6 Å². The van der Waals surface area contributed by atoms with Crippen LogP contribution in [0.5, 0.6) is 0 Å². The molecule has 2 N–H and O–H groups in total. The maximum absolute atomic E-state index is 12.8. The number of benzene rings is 1. The SMILES string of the molecule is CC(C)c1ncc(CN2CC[C@@H](c3c(C(=O)NCCO)sc4ccccc34)C2)cn1. The van der Waals surface area contributed by atoms with Gasteiger partial charge in [0.25, 0.3) is 5.91 Å². The zero-order valence-electron chi connectivity index (χ0n) is 17.5. The van der Waals surface area contributed by atoms with Crippen molar-refractivity contribution in [2.75, 3.05) is 26.2 Å². The van der Waals surface area contributed by atoms with Crippen molar-refractivity contribution in [3.63, 3.8) is 0 Å². The number of aromatic nitrogens is 2. The Kier molecular flexibility index (Phi) is 6.41. The maximum atomic E-state index is 12.8. The molecule has 0 bridgehead atoms. The summed E-state index contributed by atoms with van der Waals surface area (Å²) >= 11 is 1.55. The first-order valence-electron chi connectivity index (χ1n) is 10.5. The molecule has 158 valence electrons. The monoisotopic (exact) mass is 424 g/mol. The molecule has 0 spiro atoms. The lowest BCUT2D eigenvalue weighted by atomic mass is 9.95. The fraction of sp³-hybridized carbons (Fsp3) is 0.435. The van der Waals surface area contributed by atoms with Crippen molar-refractivity contribution in [1.29, 1.82) is 0 Å². The Hall–Kier alpha value is -2.35. The molecule has 1 fully saturated rings. The summed E-state index contributed by atoms with van der Waals surface area (Å²) in [5.41, 5.74) is 2.27. The highest BCUT2D eigenvalue weighted by molar-refractivity contribution is 7.21. The van der Waals surface area contributed by atoms with E-state index in [1.54, 1.807) is 11.3 Å². The van der Waals surface area contributed by atoms with Crippen LogP contribution in [0.2, 0.25) is 0 Å². The molecular formula is C23H28N4O2S. The van der Waals surface area contributed by atoms with Crippen LogP contribution in [-0.4, -0.2) is 52.1 Å². The third kappa shape index (κ3) is 4.38. The van der Waals surface area contributed by atoms with Crippen molar-refractivity contribution in [2.24, 2.45) is 0 Å². The lowest BCUT2D eigenvalue weighted by Crippen LogP contribution is -2.27. The van der Waals surface area contributed by atoms with Crippen LogP contribution in [0.4, 0.5) is 0 Å². The minimum Gasteiger partial charge on any atom is -0.395 e. The van der Waals surface area contributed by atoms with Gasteiger partial charge in [-0.1, -0.05) is 32.0 Å². The van der Waals surface area contributed by atoms with Crippen LogP contribution in [0.3, 0.4) is 0 Å². The summed E-state index contributed by atoms with van der Waals surface area (Å²) in [7, 11) is 0. The fourth-order valence-corrected chi connectivity index (χ4v) is 5.31. The number of likely N-dealkylation sites (tertiary alicyclic amines) is 1. The number of nitrogens with zero attached hydrogens (tertiary/aromatic N) is 3. The second-order valence-corrected chi connectivity index (χ2v) is 9.20. The largest absolute Gasteiger partial charge is 0.395 e. The number of rotatable bonds is 7. The number of hydrogen-bond acceptors (Lipinski definition) is 6. The van der Waals surface area contributed by atoms with Gasteiger partial charge in [0.1, 0.15) is 5.82 Å². The number of amides is 1. The molecular weight excluding hydrogens is 396 g/mol. The van der Waals surface area contributed by atoms with Gasteiger partial charge in [0.15, 0.2) is 0 Å². The van der Waals surface area contributed by atoms with Gasteiger partial charge >= 0.3 is 0 Å². The summed E-state index contributed by atoms with van der Waals surface area (Å²) < 4.78 is 1.14. The molecule has 4 rings (SSSR count). The highest BCUT2D eigenvalue weighted by Crippen LogP contribution is 2.40. The molecule has 1 aliphatic heterocycles. The number of thiophene rings is 1. The Morgan fingerprint density at radius 1 is 1.30 bits per heavy atom. The summed E-state index contributed by atoms with van der Waals surface area (Å²) in [4.78, 5) is 24.9. The molecule has 1 aromatic carbocycles. The van der Waals surface area contributed by atoms with E-state index in [9.17, 15) is 4.79 Å². The standard InChI is InChI=1S/C23H28N4O2S/c1-15(2)22-25-11-16(12-26-22)13-27-9-7-17(14-27)20-18-5-3-4-6-19(18)30-21(20)23(29)24-8-10-28/h3-6,11-12,15,17,28H,7-10,13-14H2,1-2H3,(H,24,29)/t17-/m1/s1. The lowest BCUT2D eigenvalue weighted by Gasteiger charge is -2.17. The van der Waals surface area contributed by atoms with Crippen LogP contribution in [0.25, 0.3) is 10.1 Å². The summed E-state index contributed by atoms with van der Waals surface area (Å²) in [5, 5.41) is 13.1. The Labute approximate surface area is 181 Å². The smallest absolute Gasteiger partial charge is 0.261 e. The van der Waals surface area contributed by atoms with Crippen molar-refractivity contribution in [3.8, 4) is 0 Å². The molecule has 0 saturated carbocycles. The highest BCUT2D eigenvalue weighted by Gasteiger charge is 2.30. The van der Waals surface area contributed by atoms with Crippen LogP contribution in [-0.2, 0) is 6.54 Å². The number of carbonyl (C=O) groups excluding carboxylic acids is 1. The molecule has 1 aliphatic rings. The summed E-state index contributed by atoms with van der Waals surface area (Å²) in [6, 6.07) is 8.24. The van der Waals surface area contributed by atoms with Crippen LogP contribution >= 0.6 is 11.3 Å². The second kappa shape index (κ2) is 9.20. The lowest BCUT2D eigenvalue weighted by molar-refractivity contribution is 0.0947. The van der Waals surface area contributed by atoms with Gasteiger partial charge in [0.2, 0.25) is 0 Å². The average Bonchev–Trinajstić information content (AvgIpc) is 3.36. The molecule has 6 nitrogen and oxygen atoms in total. The van der Waals surface area contributed by atoms with Gasteiger partial charge in [-0.3, -0.25) is 9.69 Å². The predicted molar refractivity (Wildman–Crippen MR) is 120 cm³/mol. The topological polar surface area (TPSA) is 78.4 Å². The molecule has 1 saturated heterocycles. The third-order valence-electron chi connectivity index (χ3n) is 5.57. The van der Waals surface area contributed by atoms with E-state index in [-0.39, 0.29) is 19.1 Å². The molecule has 7 heteroatoms. The average molecular weight is 425 g/mol. The van der Waals surface area contributed by atoms with Crippen LogP contribution in [0.15, 0.2) is 36.7 Å². The third-order valence-corrected chi connectivity index (χ3v) is 6.75. The van der Waals surface area contributed by atoms with Crippen LogP contribution in [0, 0.1) is 0 Å². The van der Waals surface area contributed by atoms with E-state index < -0.39 is 0 Å². The molecule has 2 aromatic heterocycles. The van der Waals surface area contributed by atoms with E-state index in [2.05, 4.69) is 46.2 Å². The summed E-state index contributed by atoms with van der Waals surface area (Å²) in [5.74, 6) is 1.43. The van der Waals surface area contributed by atoms with Gasteiger partial charge in [-0.15, -0.1) is 11.3 Å². The molecule has 3 heterocycles. The van der Waals surface area contributed by atoms with Gasteiger partial charge in [-0.2, -0.15) is 0 Å². The van der Waals surface area contributed by atoms with Gasteiger partial charge in [-0.05, 0) is 30.0 Å². The number of carbonyl (C=O) groups is 1. The van der Waals surface area contributed by atoms with Gasteiger partial charge in [0.05, 0.1) is 11.5 Å². The molecule has 0 radical (unpaired) electrons. The van der Waals surface area contributed by atoms with E-state index in [1.165, 1.54) is 5.39 Å². The number of aliphatic hydroxyl groups is 1. The Morgan fingerprint density at radius 2 is 2.07 bits per heavy atom. The molecule has 0 unspecified atom stereocenters. The van der Waals surface area contributed by atoms with Crippen molar-refractivity contribution in [3.05, 3.63) is 58.5 Å². The summed E-state index contributed by atoms with van der Waals surface area (Å²) in [6.45, 7) is 7.13. The Morgan fingerprint density at radius 3 is 2.80 bits per heavy atom. The van der Waals surface area contributed by atoms with Crippen LogP contribution in [0.1, 0.15) is 58.7 Å². The van der Waals surface area contributed by atoms with Crippen molar-refractivity contribution in [1.82, 2.24) is 20.2 Å². The van der Waals surface area contributed by atoms with E-state index in [0.717, 1.165) is 52.6 Å². The first-order chi connectivity index (χ1) is 14.6. The molecule has 0 aliphatic carbocycles. The fourth-order valence-electron chi connectivity index (χ4n) is 4.10. The van der Waals surface area contributed by atoms with Crippen molar-refractivity contribution < 1.29 is 9.90 Å². The Bertz CT molecular complexity index is 1020. The van der Waals surface area contributed by atoms with E-state index in [4.69, 9.17) is 5.11 Å². The van der Waals surface area contributed by atoms with Crippen LogP contribution < -0.4 is 5.32 Å². The van der Waals surface area contributed by atoms with E-state index in [0.29, 0.717) is 11.8 Å². The zero-order chi connectivity index (χ0) is 21.1. The molecule has 30 heavy (non-hydrogen) atoms. The second-order valence-electron chi connectivity index (χ2n) is 8.15.